The highest BCUT2D eigenvalue weighted by atomic mass is 35.5. The molecule has 0 aliphatic carbocycles. The number of ether oxygens (including phenoxy) is 1. The smallest absolute Gasteiger partial charge is 0.136 e. The monoisotopic (exact) mass is 305 g/mol. The van der Waals surface area contributed by atoms with Gasteiger partial charge >= 0.3 is 0 Å². The second kappa shape index (κ2) is 7.60. The van der Waals surface area contributed by atoms with Crippen LogP contribution in [0.25, 0.3) is 0 Å². The first-order valence-corrected chi connectivity index (χ1v) is 6.64. The molecule has 2 aromatic carbocycles. The van der Waals surface area contributed by atoms with E-state index in [4.69, 9.17) is 21.7 Å². The molecule has 0 aliphatic rings. The molecule has 110 valence electrons. The first kappa shape index (κ1) is 16.9. The Kier molecular flexibility index (Phi) is 6.12. The molecular weight excluding hydrogens is 289 g/mol. The second-order valence-electron chi connectivity index (χ2n) is 4.28. The van der Waals surface area contributed by atoms with Crippen LogP contribution in [0.4, 0.5) is 4.39 Å². The van der Waals surface area contributed by atoms with Crippen LogP contribution in [0, 0.1) is 18.2 Å². The molecule has 0 spiro atoms. The fraction of sp³-hybridized carbons (Fsp3) is 0.118. The van der Waals surface area contributed by atoms with E-state index in [1.54, 1.807) is 19.1 Å². The van der Waals surface area contributed by atoms with E-state index in [1.165, 1.54) is 18.2 Å². The summed E-state index contributed by atoms with van der Waals surface area (Å²) in [6.07, 6.45) is 0. The third-order valence-electron chi connectivity index (χ3n) is 2.72. The van der Waals surface area contributed by atoms with Crippen LogP contribution in [-0.2, 0) is 0 Å². The minimum atomic E-state index is -0.393. The molecule has 21 heavy (non-hydrogen) atoms. The molecule has 0 saturated heterocycles. The highest BCUT2D eigenvalue weighted by molar-refractivity contribution is 6.31. The summed E-state index contributed by atoms with van der Waals surface area (Å²) in [6.45, 7) is 9.49. The lowest BCUT2D eigenvalue weighted by Crippen LogP contribution is -1.98. The van der Waals surface area contributed by atoms with E-state index in [-0.39, 0.29) is 5.71 Å². The quantitative estimate of drug-likeness (QED) is 0.566. The third kappa shape index (κ3) is 4.43. The van der Waals surface area contributed by atoms with Gasteiger partial charge in [0.2, 0.25) is 0 Å². The van der Waals surface area contributed by atoms with Crippen molar-refractivity contribution in [2.24, 2.45) is 0 Å². The van der Waals surface area contributed by atoms with Gasteiger partial charge in [-0.1, -0.05) is 17.7 Å². The van der Waals surface area contributed by atoms with Gasteiger partial charge in [-0.2, -0.15) is 0 Å². The third-order valence-corrected chi connectivity index (χ3v) is 3.12. The Morgan fingerprint density at radius 2 is 1.86 bits per heavy atom. The number of aryl methyl sites for hydroxylation is 1. The summed E-state index contributed by atoms with van der Waals surface area (Å²) in [7, 11) is 0. The maximum absolute atomic E-state index is 13.2. The van der Waals surface area contributed by atoms with Crippen LogP contribution in [0.3, 0.4) is 0 Å². The summed E-state index contributed by atoms with van der Waals surface area (Å²) >= 11 is 6.03. The van der Waals surface area contributed by atoms with Gasteiger partial charge in [0.15, 0.2) is 0 Å². The summed E-state index contributed by atoms with van der Waals surface area (Å²) in [5.74, 6) is 0.606. The lowest BCUT2D eigenvalue weighted by molar-refractivity contribution is 0.479. The Morgan fingerprint density at radius 1 is 1.19 bits per heavy atom. The van der Waals surface area contributed by atoms with Gasteiger partial charge in [-0.25, -0.2) is 4.39 Å². The lowest BCUT2D eigenvalue weighted by atomic mass is 10.1. The molecule has 0 bridgehead atoms. The van der Waals surface area contributed by atoms with Crippen LogP contribution < -0.4 is 4.74 Å². The van der Waals surface area contributed by atoms with Crippen LogP contribution in [0.5, 0.6) is 11.5 Å². The summed E-state index contributed by atoms with van der Waals surface area (Å²) in [5.41, 5.74) is 1.63. The SMILES string of the molecule is C=C.CC(=N)c1cc(F)ccc1Oc1ccc(C)c(Cl)c1. The number of rotatable bonds is 3. The van der Waals surface area contributed by atoms with Crippen molar-refractivity contribution >= 4 is 17.3 Å². The van der Waals surface area contributed by atoms with Gasteiger partial charge in [0.25, 0.3) is 0 Å². The molecule has 2 nitrogen and oxygen atoms in total. The second-order valence-corrected chi connectivity index (χ2v) is 4.69. The molecule has 0 aromatic heterocycles. The summed E-state index contributed by atoms with van der Waals surface area (Å²) in [4.78, 5) is 0. The van der Waals surface area contributed by atoms with Crippen LogP contribution in [-0.4, -0.2) is 5.71 Å². The van der Waals surface area contributed by atoms with E-state index in [0.29, 0.717) is 22.1 Å². The lowest BCUT2D eigenvalue weighted by Gasteiger charge is -2.11. The zero-order valence-electron chi connectivity index (χ0n) is 12.0. The first-order chi connectivity index (χ1) is 9.97. The van der Waals surface area contributed by atoms with Crippen molar-refractivity contribution in [1.82, 2.24) is 0 Å². The molecule has 0 fully saturated rings. The first-order valence-electron chi connectivity index (χ1n) is 6.26. The summed E-state index contributed by atoms with van der Waals surface area (Å²) in [6, 6.07) is 9.43. The number of hydrogen-bond donors (Lipinski definition) is 1. The van der Waals surface area contributed by atoms with E-state index in [9.17, 15) is 4.39 Å². The fourth-order valence-electron chi connectivity index (χ4n) is 1.65. The van der Waals surface area contributed by atoms with Gasteiger partial charge < -0.3 is 10.1 Å². The van der Waals surface area contributed by atoms with Crippen molar-refractivity contribution < 1.29 is 9.13 Å². The Labute approximate surface area is 129 Å². The standard InChI is InChI=1S/C15H13ClFNO.C2H4/c1-9-3-5-12(8-14(9)16)19-15-6-4-11(17)7-13(15)10(2)18;1-2/h3-8,18H,1-2H3;1-2H2. The van der Waals surface area contributed by atoms with Crippen LogP contribution >= 0.6 is 11.6 Å². The molecule has 0 atom stereocenters. The molecule has 0 radical (unpaired) electrons. The van der Waals surface area contributed by atoms with Gasteiger partial charge in [-0.3, -0.25) is 0 Å². The average molecular weight is 306 g/mol. The van der Waals surface area contributed by atoms with Gasteiger partial charge in [0.1, 0.15) is 17.3 Å². The predicted octanol–water partition coefficient (Wildman–Crippen LogP) is 5.77. The predicted molar refractivity (Wildman–Crippen MR) is 86.4 cm³/mol. The van der Waals surface area contributed by atoms with Crippen molar-refractivity contribution in [3.8, 4) is 11.5 Å². The Bertz CT molecular complexity index is 655. The fourth-order valence-corrected chi connectivity index (χ4v) is 1.82. The minimum absolute atomic E-state index is 0.243. The number of benzene rings is 2. The molecule has 0 unspecified atom stereocenters. The minimum Gasteiger partial charge on any atom is -0.457 e. The normalized spacial score (nSPS) is 9.52. The van der Waals surface area contributed by atoms with E-state index >= 15 is 0 Å². The van der Waals surface area contributed by atoms with Crippen LogP contribution in [0.15, 0.2) is 49.6 Å². The molecule has 0 amide bonds. The van der Waals surface area contributed by atoms with Crippen molar-refractivity contribution in [1.29, 1.82) is 5.41 Å². The highest BCUT2D eigenvalue weighted by Crippen LogP contribution is 2.29. The van der Waals surface area contributed by atoms with E-state index < -0.39 is 5.82 Å². The largest absolute Gasteiger partial charge is 0.457 e. The molecule has 0 heterocycles. The van der Waals surface area contributed by atoms with Gasteiger partial charge in [0.05, 0.1) is 0 Å². The average Bonchev–Trinajstić information content (AvgIpc) is 2.47. The van der Waals surface area contributed by atoms with Gasteiger partial charge in [-0.15, -0.1) is 13.2 Å². The molecule has 0 saturated carbocycles. The zero-order chi connectivity index (χ0) is 16.0. The van der Waals surface area contributed by atoms with Crippen LogP contribution in [0.2, 0.25) is 5.02 Å². The van der Waals surface area contributed by atoms with E-state index in [2.05, 4.69) is 13.2 Å². The maximum Gasteiger partial charge on any atom is 0.136 e. The summed E-state index contributed by atoms with van der Waals surface area (Å²) in [5, 5.41) is 8.25. The van der Waals surface area contributed by atoms with Crippen molar-refractivity contribution in [2.75, 3.05) is 0 Å². The molecule has 2 rings (SSSR count). The molecular formula is C17H17ClFNO. The molecule has 1 N–H and O–H groups in total. The van der Waals surface area contributed by atoms with E-state index in [1.807, 2.05) is 13.0 Å². The van der Waals surface area contributed by atoms with Gasteiger partial charge in [0, 0.05) is 16.3 Å². The summed E-state index contributed by atoms with van der Waals surface area (Å²) < 4.78 is 18.9. The number of hydrogen-bond acceptors (Lipinski definition) is 2. The zero-order valence-corrected chi connectivity index (χ0v) is 12.8. The molecule has 4 heteroatoms. The topological polar surface area (TPSA) is 33.1 Å². The maximum atomic E-state index is 13.2. The van der Waals surface area contributed by atoms with Crippen molar-refractivity contribution in [2.45, 2.75) is 13.8 Å². The van der Waals surface area contributed by atoms with Gasteiger partial charge in [-0.05, 0) is 49.7 Å². The van der Waals surface area contributed by atoms with Crippen molar-refractivity contribution in [3.05, 3.63) is 71.5 Å². The van der Waals surface area contributed by atoms with Crippen molar-refractivity contribution in [3.63, 3.8) is 0 Å². The Balaban J connectivity index is 0.00000106. The molecule has 0 aliphatic heterocycles. The Morgan fingerprint density at radius 3 is 2.43 bits per heavy atom. The van der Waals surface area contributed by atoms with Crippen LogP contribution in [0.1, 0.15) is 18.1 Å². The van der Waals surface area contributed by atoms with E-state index in [0.717, 1.165) is 5.56 Å². The number of nitrogens with one attached hydrogen (secondary N) is 1. The Hall–Kier alpha value is -2.13. The number of halogens is 2. The molecule has 2 aromatic rings. The highest BCUT2D eigenvalue weighted by Gasteiger charge is 2.09.